The minimum Gasteiger partial charge on any atom is -0.342 e. The first-order chi connectivity index (χ1) is 14.5. The third kappa shape index (κ3) is 3.17. The summed E-state index contributed by atoms with van der Waals surface area (Å²) in [5.74, 6) is 5.61. The summed E-state index contributed by atoms with van der Waals surface area (Å²) >= 11 is 14.4. The Labute approximate surface area is 200 Å². The van der Waals surface area contributed by atoms with Crippen molar-refractivity contribution < 1.29 is 4.74 Å². The fraction of sp³-hybridized carbons (Fsp3) is 1.00. The largest absolute Gasteiger partial charge is 0.342 e. The lowest BCUT2D eigenvalue weighted by Crippen LogP contribution is -2.58. The van der Waals surface area contributed by atoms with Gasteiger partial charge in [0.25, 0.3) is 0 Å². The highest BCUT2D eigenvalue weighted by atomic mass is 35.5. The molecule has 1 nitrogen and oxygen atoms in total. The Morgan fingerprint density at radius 1 is 0.548 bits per heavy atom. The van der Waals surface area contributed by atoms with Crippen molar-refractivity contribution in [3.63, 3.8) is 0 Å². The molecule has 8 saturated carbocycles. The predicted molar refractivity (Wildman–Crippen MR) is 129 cm³/mol. The molecule has 0 aromatic rings. The molecule has 0 aromatic heterocycles. The molecule has 0 aromatic carbocycles. The molecule has 0 N–H and O–H groups in total. The van der Waals surface area contributed by atoms with Gasteiger partial charge in [0.05, 0.1) is 0 Å². The molecule has 8 aliphatic rings. The summed E-state index contributed by atoms with van der Waals surface area (Å²) in [6.07, 6.45) is 17.0. The fourth-order valence-corrected chi connectivity index (χ4v) is 11.4. The van der Waals surface area contributed by atoms with E-state index in [1.807, 2.05) is 0 Å². The molecule has 8 aliphatic carbocycles. The summed E-state index contributed by atoms with van der Waals surface area (Å²) in [5, 5.41) is 0. The van der Waals surface area contributed by atoms with Gasteiger partial charge in [-0.05, 0) is 123 Å². The van der Waals surface area contributed by atoms with Crippen LogP contribution in [-0.2, 0) is 4.74 Å². The van der Waals surface area contributed by atoms with Crippen LogP contribution < -0.4 is 0 Å². The van der Waals surface area contributed by atoms with Crippen molar-refractivity contribution in [2.45, 2.75) is 116 Å². The zero-order valence-corrected chi connectivity index (χ0v) is 21.8. The van der Waals surface area contributed by atoms with Crippen molar-refractivity contribution in [2.24, 2.45) is 57.2 Å². The third-order valence-electron chi connectivity index (χ3n) is 12.2. The average molecular weight is 468 g/mol. The molecule has 3 heteroatoms. The van der Waals surface area contributed by atoms with E-state index in [0.717, 1.165) is 35.5 Å². The van der Waals surface area contributed by atoms with E-state index in [0.29, 0.717) is 10.8 Å². The third-order valence-corrected chi connectivity index (χ3v) is 13.5. The second-order valence-electron chi connectivity index (χ2n) is 14.6. The Hall–Kier alpha value is 0.540. The van der Waals surface area contributed by atoms with E-state index in [9.17, 15) is 0 Å². The normalized spacial score (nSPS) is 50.1. The van der Waals surface area contributed by atoms with Crippen molar-refractivity contribution in [3.8, 4) is 0 Å². The van der Waals surface area contributed by atoms with E-state index in [1.54, 1.807) is 0 Å². The molecule has 31 heavy (non-hydrogen) atoms. The molecule has 2 unspecified atom stereocenters. The molecule has 8 rings (SSSR count). The molecule has 0 aliphatic heterocycles. The molecular weight excluding hydrogens is 423 g/mol. The standard InChI is InChI=1S/C28H44Cl2O/c1-25(2,27-11-17-5-18(12-27)7-19(6-17)13-27)23(29)31-24(30)26(3,4)28-14-20-8-21(15-28)10-22(9-20)16-28/h17-24H,5-16H2,1-4H3. The number of alkyl halides is 2. The average Bonchev–Trinajstić information content (AvgIpc) is 2.65. The number of rotatable bonds is 6. The quantitative estimate of drug-likeness (QED) is 0.355. The predicted octanol–water partition coefficient (Wildman–Crippen LogP) is 8.62. The van der Waals surface area contributed by atoms with E-state index >= 15 is 0 Å². The molecule has 2 atom stereocenters. The highest BCUT2D eigenvalue weighted by Gasteiger charge is 2.62. The monoisotopic (exact) mass is 466 g/mol. The molecule has 0 radical (unpaired) electrons. The lowest BCUT2D eigenvalue weighted by molar-refractivity contribution is -0.187. The lowest BCUT2D eigenvalue weighted by Gasteiger charge is -2.64. The number of halogens is 2. The van der Waals surface area contributed by atoms with Crippen LogP contribution in [0.2, 0.25) is 0 Å². The van der Waals surface area contributed by atoms with Gasteiger partial charge in [0.2, 0.25) is 0 Å². The molecule has 0 heterocycles. The van der Waals surface area contributed by atoms with Crippen molar-refractivity contribution in [1.82, 2.24) is 0 Å². The topological polar surface area (TPSA) is 9.23 Å². The molecule has 8 bridgehead atoms. The summed E-state index contributed by atoms with van der Waals surface area (Å²) in [6, 6.07) is 0. The van der Waals surface area contributed by atoms with E-state index in [1.165, 1.54) is 77.0 Å². The van der Waals surface area contributed by atoms with Crippen molar-refractivity contribution >= 4 is 23.2 Å². The molecule has 176 valence electrons. The van der Waals surface area contributed by atoms with Gasteiger partial charge in [-0.25, -0.2) is 0 Å². The zero-order chi connectivity index (χ0) is 21.8. The maximum atomic E-state index is 7.21. The highest BCUT2D eigenvalue weighted by molar-refractivity contribution is 6.22. The summed E-state index contributed by atoms with van der Waals surface area (Å²) in [4.78, 5) is 0. The van der Waals surface area contributed by atoms with Crippen LogP contribution in [-0.4, -0.2) is 11.1 Å². The van der Waals surface area contributed by atoms with Crippen LogP contribution in [0.3, 0.4) is 0 Å². The first-order valence-corrected chi connectivity index (χ1v) is 14.3. The molecule has 0 amide bonds. The Kier molecular flexibility index (Phi) is 5.00. The van der Waals surface area contributed by atoms with Gasteiger partial charge in [0, 0.05) is 10.8 Å². The summed E-state index contributed by atoms with van der Waals surface area (Å²) in [5.41, 5.74) is 0.0364. The van der Waals surface area contributed by atoms with Gasteiger partial charge in [-0.2, -0.15) is 0 Å². The van der Waals surface area contributed by atoms with E-state index < -0.39 is 0 Å². The summed E-state index contributed by atoms with van der Waals surface area (Å²) in [7, 11) is 0. The SMILES string of the molecule is CC(C)(C(Cl)OC(Cl)C(C)(C)C12CC3CC(CC(C3)C1)C2)C12CC3CC(CC(C3)C1)C2. The van der Waals surface area contributed by atoms with Crippen LogP contribution in [0.15, 0.2) is 0 Å². The van der Waals surface area contributed by atoms with Gasteiger partial charge < -0.3 is 4.74 Å². The smallest absolute Gasteiger partial charge is 0.138 e. The first-order valence-electron chi connectivity index (χ1n) is 13.5. The Balaban J connectivity index is 1.20. The highest BCUT2D eigenvalue weighted by Crippen LogP contribution is 2.69. The Bertz CT molecular complexity index is 594. The zero-order valence-electron chi connectivity index (χ0n) is 20.3. The van der Waals surface area contributed by atoms with E-state index in [-0.39, 0.29) is 22.0 Å². The van der Waals surface area contributed by atoms with Crippen molar-refractivity contribution in [3.05, 3.63) is 0 Å². The van der Waals surface area contributed by atoms with Crippen LogP contribution in [0.5, 0.6) is 0 Å². The van der Waals surface area contributed by atoms with Crippen LogP contribution >= 0.6 is 23.2 Å². The summed E-state index contributed by atoms with van der Waals surface area (Å²) < 4.78 is 6.69. The second kappa shape index (κ2) is 7.04. The van der Waals surface area contributed by atoms with E-state index in [4.69, 9.17) is 27.9 Å². The summed E-state index contributed by atoms with van der Waals surface area (Å²) in [6.45, 7) is 9.61. The minimum absolute atomic E-state index is 0.0325. The molecular formula is C28H44Cl2O. The first kappa shape index (κ1) is 22.0. The molecule has 8 fully saturated rings. The Morgan fingerprint density at radius 3 is 1.00 bits per heavy atom. The lowest BCUT2D eigenvalue weighted by atomic mass is 9.43. The van der Waals surface area contributed by atoms with Gasteiger partial charge in [-0.1, -0.05) is 50.9 Å². The molecule has 0 spiro atoms. The Morgan fingerprint density at radius 2 is 0.774 bits per heavy atom. The fourth-order valence-electron chi connectivity index (χ4n) is 10.7. The maximum Gasteiger partial charge on any atom is 0.138 e. The number of hydrogen-bond acceptors (Lipinski definition) is 1. The van der Waals surface area contributed by atoms with Gasteiger partial charge in [0.15, 0.2) is 0 Å². The van der Waals surface area contributed by atoms with Gasteiger partial charge in [-0.15, -0.1) is 0 Å². The minimum atomic E-state index is -0.306. The van der Waals surface area contributed by atoms with Crippen molar-refractivity contribution in [2.75, 3.05) is 0 Å². The van der Waals surface area contributed by atoms with Crippen LogP contribution in [0.25, 0.3) is 0 Å². The van der Waals surface area contributed by atoms with Crippen LogP contribution in [0.1, 0.15) is 105 Å². The van der Waals surface area contributed by atoms with E-state index in [2.05, 4.69) is 27.7 Å². The number of hydrogen-bond donors (Lipinski definition) is 0. The van der Waals surface area contributed by atoms with Crippen molar-refractivity contribution in [1.29, 1.82) is 0 Å². The number of ether oxygens (including phenoxy) is 1. The second-order valence-corrected chi connectivity index (χ2v) is 15.4. The van der Waals surface area contributed by atoms with Gasteiger partial charge in [0.1, 0.15) is 11.1 Å². The van der Waals surface area contributed by atoms with Gasteiger partial charge in [-0.3, -0.25) is 0 Å². The molecule has 0 saturated heterocycles. The van der Waals surface area contributed by atoms with Gasteiger partial charge >= 0.3 is 0 Å². The maximum absolute atomic E-state index is 7.21. The van der Waals surface area contributed by atoms with Crippen LogP contribution in [0, 0.1) is 57.2 Å². The van der Waals surface area contributed by atoms with Crippen LogP contribution in [0.4, 0.5) is 0 Å².